The van der Waals surface area contributed by atoms with Crippen LogP contribution in [0, 0.1) is 30.5 Å². The normalized spacial score (nSPS) is 25.8. The van der Waals surface area contributed by atoms with Gasteiger partial charge in [-0.25, -0.2) is 4.39 Å². The molecule has 0 bridgehead atoms. The van der Waals surface area contributed by atoms with Gasteiger partial charge in [-0.2, -0.15) is 0 Å². The lowest BCUT2D eigenvalue weighted by atomic mass is 9.70. The second-order valence-electron chi connectivity index (χ2n) is 6.45. The highest BCUT2D eigenvalue weighted by Gasteiger charge is 2.34. The van der Waals surface area contributed by atoms with E-state index in [0.717, 1.165) is 36.8 Å². The van der Waals surface area contributed by atoms with E-state index in [-0.39, 0.29) is 17.7 Å². The molecule has 3 heteroatoms. The molecule has 21 heavy (non-hydrogen) atoms. The molecule has 1 aromatic rings. The highest BCUT2D eigenvalue weighted by molar-refractivity contribution is 5.70. The van der Waals surface area contributed by atoms with Crippen molar-refractivity contribution in [2.24, 2.45) is 17.8 Å². The zero-order valence-electron chi connectivity index (χ0n) is 12.9. The second kappa shape index (κ2) is 7.06. The van der Waals surface area contributed by atoms with Crippen LogP contribution in [0.1, 0.15) is 50.2 Å². The van der Waals surface area contributed by atoms with Crippen molar-refractivity contribution in [2.75, 3.05) is 0 Å². The van der Waals surface area contributed by atoms with Crippen molar-refractivity contribution in [3.05, 3.63) is 35.1 Å². The van der Waals surface area contributed by atoms with Gasteiger partial charge >= 0.3 is 5.97 Å². The molecular weight excluding hydrogens is 267 g/mol. The number of benzene rings is 1. The van der Waals surface area contributed by atoms with Crippen LogP contribution in [0.15, 0.2) is 18.2 Å². The van der Waals surface area contributed by atoms with Crippen molar-refractivity contribution in [3.63, 3.8) is 0 Å². The van der Waals surface area contributed by atoms with Crippen LogP contribution in [-0.2, 0) is 11.2 Å². The third kappa shape index (κ3) is 4.05. The first-order chi connectivity index (χ1) is 10.0. The third-order valence-corrected chi connectivity index (χ3v) is 4.90. The summed E-state index contributed by atoms with van der Waals surface area (Å²) in [5.41, 5.74) is 2.02. The van der Waals surface area contributed by atoms with Gasteiger partial charge in [0.05, 0.1) is 5.92 Å². The first kappa shape index (κ1) is 16.0. The zero-order chi connectivity index (χ0) is 15.4. The topological polar surface area (TPSA) is 37.3 Å². The maximum atomic E-state index is 13.4. The van der Waals surface area contributed by atoms with Gasteiger partial charge in [0.25, 0.3) is 0 Å². The quantitative estimate of drug-likeness (QED) is 0.861. The Balaban J connectivity index is 2.15. The zero-order valence-corrected chi connectivity index (χ0v) is 12.9. The number of hydrogen-bond donors (Lipinski definition) is 1. The van der Waals surface area contributed by atoms with Crippen molar-refractivity contribution in [2.45, 2.75) is 52.4 Å². The van der Waals surface area contributed by atoms with Crippen LogP contribution in [0.2, 0.25) is 0 Å². The van der Waals surface area contributed by atoms with Gasteiger partial charge in [0.1, 0.15) is 5.82 Å². The molecule has 1 aromatic carbocycles. The standard InChI is InChI=1S/C18H25FO2/c1-3-4-13-6-8-17(18(20)21)15(9-13)10-14-11-16(19)7-5-12(14)2/h5,7,11,13,15,17H,3-4,6,8-10H2,1-2H3,(H,20,21). The molecule has 3 atom stereocenters. The number of rotatable bonds is 5. The van der Waals surface area contributed by atoms with Crippen LogP contribution in [0.5, 0.6) is 0 Å². The fraction of sp³-hybridized carbons (Fsp3) is 0.611. The summed E-state index contributed by atoms with van der Waals surface area (Å²) < 4.78 is 13.4. The number of aryl methyl sites for hydroxylation is 1. The summed E-state index contributed by atoms with van der Waals surface area (Å²) in [6.07, 6.45) is 5.74. The number of carbonyl (C=O) groups is 1. The molecule has 3 unspecified atom stereocenters. The average molecular weight is 292 g/mol. The maximum Gasteiger partial charge on any atom is 0.306 e. The summed E-state index contributed by atoms with van der Waals surface area (Å²) >= 11 is 0. The van der Waals surface area contributed by atoms with Crippen LogP contribution in [0.4, 0.5) is 4.39 Å². The van der Waals surface area contributed by atoms with E-state index in [0.29, 0.717) is 12.3 Å². The number of carboxylic acids is 1. The van der Waals surface area contributed by atoms with Crippen LogP contribution >= 0.6 is 0 Å². The minimum atomic E-state index is -0.691. The molecule has 1 fully saturated rings. The molecule has 1 N–H and O–H groups in total. The Morgan fingerprint density at radius 3 is 2.81 bits per heavy atom. The Morgan fingerprint density at radius 1 is 1.38 bits per heavy atom. The monoisotopic (exact) mass is 292 g/mol. The number of aliphatic carboxylic acids is 1. The van der Waals surface area contributed by atoms with Crippen molar-refractivity contribution in [1.82, 2.24) is 0 Å². The summed E-state index contributed by atoms with van der Waals surface area (Å²) in [7, 11) is 0. The van der Waals surface area contributed by atoms with E-state index in [4.69, 9.17) is 0 Å². The molecule has 0 aliphatic heterocycles. The van der Waals surface area contributed by atoms with Gasteiger partial charge in [-0.15, -0.1) is 0 Å². The predicted octanol–water partition coefficient (Wildman–Crippen LogP) is 4.59. The highest BCUT2D eigenvalue weighted by Crippen LogP contribution is 2.38. The first-order valence-electron chi connectivity index (χ1n) is 7.99. The van der Waals surface area contributed by atoms with Crippen molar-refractivity contribution < 1.29 is 14.3 Å². The Kier molecular flexibility index (Phi) is 5.38. The Hall–Kier alpha value is -1.38. The maximum absolute atomic E-state index is 13.4. The summed E-state index contributed by atoms with van der Waals surface area (Å²) in [5, 5.41) is 9.45. The van der Waals surface area contributed by atoms with Crippen LogP contribution in [-0.4, -0.2) is 11.1 Å². The minimum absolute atomic E-state index is 0.133. The molecule has 1 aliphatic carbocycles. The van der Waals surface area contributed by atoms with E-state index >= 15 is 0 Å². The van der Waals surface area contributed by atoms with E-state index < -0.39 is 5.97 Å². The van der Waals surface area contributed by atoms with E-state index in [9.17, 15) is 14.3 Å². The molecule has 2 nitrogen and oxygen atoms in total. The van der Waals surface area contributed by atoms with Crippen LogP contribution in [0.3, 0.4) is 0 Å². The minimum Gasteiger partial charge on any atom is -0.481 e. The van der Waals surface area contributed by atoms with E-state index in [1.165, 1.54) is 12.5 Å². The van der Waals surface area contributed by atoms with Crippen molar-refractivity contribution in [3.8, 4) is 0 Å². The van der Waals surface area contributed by atoms with Gasteiger partial charge in [0.15, 0.2) is 0 Å². The van der Waals surface area contributed by atoms with Gasteiger partial charge in [0, 0.05) is 0 Å². The van der Waals surface area contributed by atoms with Crippen molar-refractivity contribution >= 4 is 5.97 Å². The molecule has 2 rings (SSSR count). The van der Waals surface area contributed by atoms with Crippen molar-refractivity contribution in [1.29, 1.82) is 0 Å². The molecule has 0 heterocycles. The molecule has 0 aromatic heterocycles. The average Bonchev–Trinajstić information content (AvgIpc) is 2.43. The molecular formula is C18H25FO2. The predicted molar refractivity (Wildman–Crippen MR) is 81.7 cm³/mol. The SMILES string of the molecule is CCCC1CCC(C(=O)O)C(Cc2cc(F)ccc2C)C1. The van der Waals surface area contributed by atoms with Gasteiger partial charge < -0.3 is 5.11 Å². The lowest BCUT2D eigenvalue weighted by Crippen LogP contribution is -2.32. The second-order valence-corrected chi connectivity index (χ2v) is 6.45. The summed E-state index contributed by atoms with van der Waals surface area (Å²) in [6, 6.07) is 4.82. The molecule has 116 valence electrons. The largest absolute Gasteiger partial charge is 0.481 e. The van der Waals surface area contributed by atoms with Gasteiger partial charge in [-0.05, 0) is 67.7 Å². The smallest absolute Gasteiger partial charge is 0.306 e. The summed E-state index contributed by atoms with van der Waals surface area (Å²) in [5.74, 6) is -0.439. The summed E-state index contributed by atoms with van der Waals surface area (Å²) in [6.45, 7) is 4.14. The molecule has 0 amide bonds. The van der Waals surface area contributed by atoms with Gasteiger partial charge in [-0.1, -0.05) is 25.8 Å². The Morgan fingerprint density at radius 2 is 2.14 bits per heavy atom. The van der Waals surface area contributed by atoms with E-state index in [1.807, 2.05) is 6.92 Å². The number of carboxylic acid groups (broad SMARTS) is 1. The van der Waals surface area contributed by atoms with Gasteiger partial charge in [-0.3, -0.25) is 4.79 Å². The molecule has 0 spiro atoms. The highest BCUT2D eigenvalue weighted by atomic mass is 19.1. The van der Waals surface area contributed by atoms with Gasteiger partial charge in [0.2, 0.25) is 0 Å². The Labute approximate surface area is 126 Å². The fourth-order valence-corrected chi connectivity index (χ4v) is 3.72. The fourth-order valence-electron chi connectivity index (χ4n) is 3.72. The third-order valence-electron chi connectivity index (χ3n) is 4.90. The lowest BCUT2D eigenvalue weighted by molar-refractivity contribution is -0.145. The first-order valence-corrected chi connectivity index (χ1v) is 7.99. The lowest BCUT2D eigenvalue weighted by Gasteiger charge is -2.34. The molecule has 1 aliphatic rings. The molecule has 1 saturated carbocycles. The van der Waals surface area contributed by atoms with Crippen LogP contribution < -0.4 is 0 Å². The number of hydrogen-bond acceptors (Lipinski definition) is 1. The number of halogens is 1. The van der Waals surface area contributed by atoms with E-state index in [2.05, 4.69) is 6.92 Å². The Bertz CT molecular complexity index is 498. The summed E-state index contributed by atoms with van der Waals surface area (Å²) in [4.78, 5) is 11.5. The van der Waals surface area contributed by atoms with E-state index in [1.54, 1.807) is 12.1 Å². The van der Waals surface area contributed by atoms with Crippen LogP contribution in [0.25, 0.3) is 0 Å². The molecule has 0 radical (unpaired) electrons. The molecule has 0 saturated heterocycles.